The first kappa shape index (κ1) is 19.7. The highest BCUT2D eigenvalue weighted by Gasteiger charge is 2.19. The van der Waals surface area contributed by atoms with Crippen LogP contribution in [0.1, 0.15) is 26.5 Å². The molecule has 0 spiro atoms. The normalized spacial score (nSPS) is 13.4. The second-order valence-corrected chi connectivity index (χ2v) is 9.51. The van der Waals surface area contributed by atoms with Gasteiger partial charge in [-0.15, -0.1) is 22.7 Å². The molecule has 27 heavy (non-hydrogen) atoms. The number of hydrogen-bond donors (Lipinski definition) is 0. The summed E-state index contributed by atoms with van der Waals surface area (Å²) in [5.41, 5.74) is 1.09. The first-order valence-corrected chi connectivity index (χ1v) is 10.4. The molecule has 3 aromatic rings. The molecule has 0 fully saturated rings. The van der Waals surface area contributed by atoms with Crippen LogP contribution in [0.4, 0.5) is 0 Å². The predicted octanol–water partition coefficient (Wildman–Crippen LogP) is 3.45. The Hall–Kier alpha value is -2.02. The van der Waals surface area contributed by atoms with E-state index in [2.05, 4.69) is 4.98 Å². The number of benzene rings is 1. The van der Waals surface area contributed by atoms with E-state index >= 15 is 0 Å². The Morgan fingerprint density at radius 1 is 1.22 bits per heavy atom. The molecule has 1 aromatic carbocycles. The van der Waals surface area contributed by atoms with Gasteiger partial charge in [0.1, 0.15) is 9.67 Å². The fourth-order valence-corrected chi connectivity index (χ4v) is 4.17. The molecule has 0 atom stereocenters. The lowest BCUT2D eigenvalue weighted by atomic mass is 9.91. The van der Waals surface area contributed by atoms with Crippen molar-refractivity contribution in [1.82, 2.24) is 9.55 Å². The Kier molecular flexibility index (Phi) is 5.51. The van der Waals surface area contributed by atoms with Crippen LogP contribution in [0.25, 0.3) is 22.7 Å². The summed E-state index contributed by atoms with van der Waals surface area (Å²) >= 11 is 8.73. The summed E-state index contributed by atoms with van der Waals surface area (Å²) in [4.78, 5) is 29.4. The lowest BCUT2D eigenvalue weighted by Gasteiger charge is -2.12. The van der Waals surface area contributed by atoms with E-state index in [1.807, 2.05) is 50.4 Å². The zero-order chi connectivity index (χ0) is 19.8. The third kappa shape index (κ3) is 4.46. The van der Waals surface area contributed by atoms with E-state index in [4.69, 9.17) is 11.6 Å². The van der Waals surface area contributed by atoms with Crippen LogP contribution < -0.4 is 14.8 Å². The molecule has 2 heterocycles. The average molecular weight is 419 g/mol. The minimum absolute atomic E-state index is 0.00965. The van der Waals surface area contributed by atoms with Gasteiger partial charge in [-0.1, -0.05) is 44.5 Å². The number of thiazole rings is 2. The Balaban J connectivity index is 2.01. The zero-order valence-corrected chi connectivity index (χ0v) is 17.8. The molecule has 3 rings (SSSR count). The Labute approximate surface area is 170 Å². The summed E-state index contributed by atoms with van der Waals surface area (Å²) in [6, 6.07) is 7.48. The van der Waals surface area contributed by atoms with Gasteiger partial charge in [-0.05, 0) is 18.2 Å². The van der Waals surface area contributed by atoms with Crippen molar-refractivity contribution < 1.29 is 4.79 Å². The molecular weight excluding hydrogens is 400 g/mol. The molecule has 0 saturated heterocycles. The quantitative estimate of drug-likeness (QED) is 0.654. The maximum atomic E-state index is 12.5. The fourth-order valence-electron chi connectivity index (χ4n) is 2.25. The minimum atomic E-state index is -0.480. The largest absolute Gasteiger partial charge is 0.302 e. The number of rotatable bonds is 3. The van der Waals surface area contributed by atoms with Crippen LogP contribution in [0.3, 0.4) is 0 Å². The van der Waals surface area contributed by atoms with Crippen molar-refractivity contribution in [3.8, 4) is 10.6 Å². The van der Waals surface area contributed by atoms with Crippen molar-refractivity contribution >= 4 is 52.2 Å². The van der Waals surface area contributed by atoms with Crippen LogP contribution in [0, 0.1) is 5.41 Å². The highest BCUT2D eigenvalue weighted by Crippen LogP contribution is 2.25. The standard InChI is InChI=1S/C20H19ClN2O2S2/c1-20(2,3)16(24)10-17-23(4)19(25)15(27-17)9-14-11-26-18(22-14)12-5-7-13(21)8-6-12/h5-11H,1-4H3/b15-9+,17-10-. The van der Waals surface area contributed by atoms with E-state index in [1.165, 1.54) is 27.2 Å². The fraction of sp³-hybridized carbons (Fsp3) is 0.250. The average Bonchev–Trinajstić information content (AvgIpc) is 3.16. The van der Waals surface area contributed by atoms with Gasteiger partial charge in [-0.25, -0.2) is 4.98 Å². The van der Waals surface area contributed by atoms with E-state index in [1.54, 1.807) is 19.2 Å². The summed E-state index contributed by atoms with van der Waals surface area (Å²) in [5, 5.41) is 3.45. The molecule has 0 aliphatic carbocycles. The lowest BCUT2D eigenvalue weighted by Crippen LogP contribution is -2.30. The van der Waals surface area contributed by atoms with Crippen molar-refractivity contribution in [3.63, 3.8) is 0 Å². The van der Waals surface area contributed by atoms with Crippen molar-refractivity contribution in [3.05, 3.63) is 59.9 Å². The molecular formula is C20H19ClN2O2S2. The van der Waals surface area contributed by atoms with Gasteiger partial charge in [0.2, 0.25) is 0 Å². The third-order valence-corrected chi connectivity index (χ3v) is 6.22. The number of carbonyl (C=O) groups excluding carboxylic acids is 1. The Morgan fingerprint density at radius 2 is 1.89 bits per heavy atom. The van der Waals surface area contributed by atoms with E-state index in [0.29, 0.717) is 14.2 Å². The first-order valence-electron chi connectivity index (χ1n) is 8.30. The van der Waals surface area contributed by atoms with Crippen LogP contribution in [-0.2, 0) is 11.8 Å². The van der Waals surface area contributed by atoms with Crippen molar-refractivity contribution in [1.29, 1.82) is 0 Å². The van der Waals surface area contributed by atoms with Gasteiger partial charge in [0.15, 0.2) is 5.78 Å². The number of carbonyl (C=O) groups is 1. The number of ketones is 1. The van der Waals surface area contributed by atoms with Gasteiger partial charge in [-0.3, -0.25) is 9.59 Å². The summed E-state index contributed by atoms with van der Waals surface area (Å²) in [7, 11) is 1.68. The maximum Gasteiger partial charge on any atom is 0.268 e. The van der Waals surface area contributed by atoms with Crippen molar-refractivity contribution in [2.45, 2.75) is 20.8 Å². The molecule has 0 bridgehead atoms. The number of nitrogens with zero attached hydrogens (tertiary/aromatic N) is 2. The van der Waals surface area contributed by atoms with Crippen LogP contribution in [0.5, 0.6) is 0 Å². The Morgan fingerprint density at radius 3 is 2.52 bits per heavy atom. The molecule has 2 aromatic heterocycles. The van der Waals surface area contributed by atoms with Crippen LogP contribution in [-0.4, -0.2) is 15.3 Å². The second-order valence-electron chi connectivity index (χ2n) is 7.16. The van der Waals surface area contributed by atoms with Crippen LogP contribution in [0.15, 0.2) is 34.4 Å². The Bertz CT molecular complexity index is 1160. The SMILES string of the molecule is Cn1c(=O)/c(=C\c2csc(-c3ccc(Cl)cc3)n2)s/c1=C\C(=O)C(C)(C)C. The minimum Gasteiger partial charge on any atom is -0.302 e. The van der Waals surface area contributed by atoms with Gasteiger partial charge >= 0.3 is 0 Å². The molecule has 0 aliphatic rings. The molecule has 0 amide bonds. The second kappa shape index (κ2) is 7.54. The number of Topliss-reactive ketones (excluding diaryl/α,β-unsaturated/α-hetero) is 1. The van der Waals surface area contributed by atoms with Gasteiger partial charge in [0.25, 0.3) is 5.56 Å². The highest BCUT2D eigenvalue weighted by molar-refractivity contribution is 7.13. The number of halogens is 1. The van der Waals surface area contributed by atoms with Crippen LogP contribution >= 0.6 is 34.3 Å². The molecule has 140 valence electrons. The molecule has 0 saturated carbocycles. The molecule has 7 heteroatoms. The van der Waals surface area contributed by atoms with E-state index in [9.17, 15) is 9.59 Å². The molecule has 0 unspecified atom stereocenters. The van der Waals surface area contributed by atoms with Gasteiger partial charge in [0.05, 0.1) is 10.2 Å². The summed E-state index contributed by atoms with van der Waals surface area (Å²) < 4.78 is 2.70. The van der Waals surface area contributed by atoms with E-state index < -0.39 is 5.41 Å². The topological polar surface area (TPSA) is 52.0 Å². The van der Waals surface area contributed by atoms with Gasteiger partial charge in [-0.2, -0.15) is 0 Å². The van der Waals surface area contributed by atoms with Crippen LogP contribution in [0.2, 0.25) is 5.02 Å². The summed E-state index contributed by atoms with van der Waals surface area (Å²) in [6.07, 6.45) is 3.31. The maximum absolute atomic E-state index is 12.5. The van der Waals surface area contributed by atoms with E-state index in [0.717, 1.165) is 16.3 Å². The molecule has 4 nitrogen and oxygen atoms in total. The number of hydrogen-bond acceptors (Lipinski definition) is 5. The lowest BCUT2D eigenvalue weighted by molar-refractivity contribution is -0.120. The van der Waals surface area contributed by atoms with Crippen molar-refractivity contribution in [2.24, 2.45) is 12.5 Å². The van der Waals surface area contributed by atoms with E-state index in [-0.39, 0.29) is 11.3 Å². The smallest absolute Gasteiger partial charge is 0.268 e. The molecule has 0 radical (unpaired) electrons. The van der Waals surface area contributed by atoms with Gasteiger partial charge in [0, 0.05) is 34.5 Å². The molecule has 0 aliphatic heterocycles. The highest BCUT2D eigenvalue weighted by atomic mass is 35.5. The monoisotopic (exact) mass is 418 g/mol. The first-order chi connectivity index (χ1) is 12.6. The number of aromatic nitrogens is 2. The predicted molar refractivity (Wildman–Crippen MR) is 114 cm³/mol. The summed E-state index contributed by atoms with van der Waals surface area (Å²) in [5.74, 6) is -0.00965. The van der Waals surface area contributed by atoms with Gasteiger partial charge < -0.3 is 4.57 Å². The summed E-state index contributed by atoms with van der Waals surface area (Å²) in [6.45, 7) is 5.58. The van der Waals surface area contributed by atoms with Crippen molar-refractivity contribution in [2.75, 3.05) is 0 Å². The molecule has 0 N–H and O–H groups in total. The zero-order valence-electron chi connectivity index (χ0n) is 15.4. The third-order valence-electron chi connectivity index (χ3n) is 3.95.